The predicted molar refractivity (Wildman–Crippen MR) is 108 cm³/mol. The molecule has 7 nitrogen and oxygen atoms in total. The fourth-order valence-corrected chi connectivity index (χ4v) is 3.28. The van der Waals surface area contributed by atoms with Gasteiger partial charge in [-0.05, 0) is 29.7 Å². The predicted octanol–water partition coefficient (Wildman–Crippen LogP) is 1.79. The maximum absolute atomic E-state index is 12.7. The van der Waals surface area contributed by atoms with Gasteiger partial charge in [-0.2, -0.15) is 0 Å². The van der Waals surface area contributed by atoms with Gasteiger partial charge in [0.15, 0.2) is 11.5 Å². The van der Waals surface area contributed by atoms with Crippen molar-refractivity contribution in [3.8, 4) is 11.5 Å². The van der Waals surface area contributed by atoms with E-state index in [1.54, 1.807) is 19.1 Å². The number of carbonyl (C=O) groups excluding carboxylic acids is 2. The fourth-order valence-electron chi connectivity index (χ4n) is 3.28. The molecule has 0 spiro atoms. The van der Waals surface area contributed by atoms with E-state index in [4.69, 9.17) is 14.2 Å². The molecule has 3 rings (SSSR count). The number of carbonyl (C=O) groups is 2. The first-order valence-electron chi connectivity index (χ1n) is 9.52. The number of nitrogens with one attached hydrogen (secondary N) is 1. The van der Waals surface area contributed by atoms with E-state index in [1.165, 1.54) is 0 Å². The molecule has 2 aromatic carbocycles. The van der Waals surface area contributed by atoms with Crippen LogP contribution in [0, 0.1) is 0 Å². The molecule has 154 valence electrons. The van der Waals surface area contributed by atoms with Crippen molar-refractivity contribution in [3.05, 3.63) is 59.7 Å². The van der Waals surface area contributed by atoms with Crippen molar-refractivity contribution in [1.29, 1.82) is 0 Å². The van der Waals surface area contributed by atoms with Crippen LogP contribution in [0.5, 0.6) is 11.5 Å². The van der Waals surface area contributed by atoms with E-state index in [1.807, 2.05) is 48.5 Å². The third kappa shape index (κ3) is 5.26. The van der Waals surface area contributed by atoms with Crippen LogP contribution in [0.4, 0.5) is 0 Å². The second-order valence-electron chi connectivity index (χ2n) is 6.77. The number of morpholine rings is 1. The Morgan fingerprint density at radius 2 is 1.86 bits per heavy atom. The molecule has 0 radical (unpaired) electrons. The molecule has 1 aliphatic heterocycles. The zero-order valence-corrected chi connectivity index (χ0v) is 16.7. The Bertz CT molecular complexity index is 840. The second-order valence-corrected chi connectivity index (χ2v) is 6.77. The number of hydrogen-bond donors (Lipinski definition) is 1. The van der Waals surface area contributed by atoms with Gasteiger partial charge in [0, 0.05) is 13.1 Å². The lowest BCUT2D eigenvalue weighted by Gasteiger charge is -2.34. The summed E-state index contributed by atoms with van der Waals surface area (Å²) in [4.78, 5) is 26.7. The molecule has 1 fully saturated rings. The topological polar surface area (TPSA) is 77.1 Å². The largest absolute Gasteiger partial charge is 0.493 e. The number of methoxy groups -OCH3 is 2. The summed E-state index contributed by atoms with van der Waals surface area (Å²) < 4.78 is 15.9. The molecule has 1 atom stereocenters. The number of nitrogens with zero attached hydrogens (tertiary/aromatic N) is 1. The standard InChI is InChI=1S/C22H26N2O5/c1-27-19-9-8-16(12-20(19)28-2)10-11-23-22(26)18-14-29-15-21(25)24(18)13-17-6-4-3-5-7-17/h3-9,12,18H,10-11,13-15H2,1-2H3,(H,23,26). The molecule has 1 unspecified atom stereocenters. The highest BCUT2D eigenvalue weighted by molar-refractivity contribution is 5.89. The molecule has 0 saturated carbocycles. The van der Waals surface area contributed by atoms with E-state index in [2.05, 4.69) is 5.32 Å². The summed E-state index contributed by atoms with van der Waals surface area (Å²) in [5, 5.41) is 2.92. The third-order valence-electron chi connectivity index (χ3n) is 4.86. The summed E-state index contributed by atoms with van der Waals surface area (Å²) in [6, 6.07) is 14.7. The van der Waals surface area contributed by atoms with Gasteiger partial charge in [-0.1, -0.05) is 36.4 Å². The van der Waals surface area contributed by atoms with Gasteiger partial charge in [0.1, 0.15) is 12.6 Å². The minimum atomic E-state index is -0.637. The fraction of sp³-hybridized carbons (Fsp3) is 0.364. The Morgan fingerprint density at radius 1 is 1.10 bits per heavy atom. The van der Waals surface area contributed by atoms with Gasteiger partial charge in [0.05, 0.1) is 20.8 Å². The Balaban J connectivity index is 1.59. The lowest BCUT2D eigenvalue weighted by atomic mass is 10.1. The Morgan fingerprint density at radius 3 is 2.59 bits per heavy atom. The molecule has 2 aromatic rings. The Hall–Kier alpha value is -3.06. The number of hydrogen-bond acceptors (Lipinski definition) is 5. The maximum atomic E-state index is 12.7. The van der Waals surface area contributed by atoms with Crippen LogP contribution in [0.15, 0.2) is 48.5 Å². The van der Waals surface area contributed by atoms with Crippen molar-refractivity contribution >= 4 is 11.8 Å². The Kier molecular flexibility index (Phi) is 7.08. The Labute approximate surface area is 170 Å². The molecule has 1 N–H and O–H groups in total. The van der Waals surface area contributed by atoms with E-state index in [0.717, 1.165) is 11.1 Å². The average Bonchev–Trinajstić information content (AvgIpc) is 2.75. The average molecular weight is 398 g/mol. The van der Waals surface area contributed by atoms with E-state index in [0.29, 0.717) is 31.0 Å². The molecule has 0 aliphatic carbocycles. The highest BCUT2D eigenvalue weighted by Gasteiger charge is 2.33. The van der Waals surface area contributed by atoms with Crippen LogP contribution in [0.2, 0.25) is 0 Å². The zero-order chi connectivity index (χ0) is 20.6. The van der Waals surface area contributed by atoms with Gasteiger partial charge in [0.2, 0.25) is 11.8 Å². The van der Waals surface area contributed by atoms with Crippen molar-refractivity contribution in [2.75, 3.05) is 34.0 Å². The van der Waals surface area contributed by atoms with Crippen molar-refractivity contribution in [1.82, 2.24) is 10.2 Å². The molecule has 1 saturated heterocycles. The van der Waals surface area contributed by atoms with Gasteiger partial charge < -0.3 is 24.4 Å². The van der Waals surface area contributed by atoms with Gasteiger partial charge >= 0.3 is 0 Å². The zero-order valence-electron chi connectivity index (χ0n) is 16.7. The van der Waals surface area contributed by atoms with Crippen LogP contribution in [-0.4, -0.2) is 56.7 Å². The van der Waals surface area contributed by atoms with E-state index in [9.17, 15) is 9.59 Å². The molecule has 0 aromatic heterocycles. The van der Waals surface area contributed by atoms with Gasteiger partial charge in [-0.25, -0.2) is 0 Å². The second kappa shape index (κ2) is 9.93. The first kappa shape index (κ1) is 20.7. The molecule has 7 heteroatoms. The van der Waals surface area contributed by atoms with Crippen LogP contribution in [-0.2, 0) is 27.3 Å². The number of amides is 2. The molecule has 29 heavy (non-hydrogen) atoms. The third-order valence-corrected chi connectivity index (χ3v) is 4.86. The van der Waals surface area contributed by atoms with Crippen molar-refractivity contribution < 1.29 is 23.8 Å². The highest BCUT2D eigenvalue weighted by atomic mass is 16.5. The summed E-state index contributed by atoms with van der Waals surface area (Å²) in [5.74, 6) is 0.918. The smallest absolute Gasteiger partial charge is 0.249 e. The van der Waals surface area contributed by atoms with Crippen LogP contribution in [0.25, 0.3) is 0 Å². The van der Waals surface area contributed by atoms with Crippen molar-refractivity contribution in [3.63, 3.8) is 0 Å². The molecule has 1 aliphatic rings. The number of rotatable bonds is 8. The normalized spacial score (nSPS) is 16.4. The summed E-state index contributed by atoms with van der Waals surface area (Å²) in [7, 11) is 3.18. The number of ether oxygens (including phenoxy) is 3. The highest BCUT2D eigenvalue weighted by Crippen LogP contribution is 2.27. The van der Waals surface area contributed by atoms with Gasteiger partial charge in [0.25, 0.3) is 0 Å². The minimum Gasteiger partial charge on any atom is -0.493 e. The SMILES string of the molecule is COc1ccc(CCNC(=O)C2COCC(=O)N2Cc2ccccc2)cc1OC. The maximum Gasteiger partial charge on any atom is 0.249 e. The monoisotopic (exact) mass is 398 g/mol. The van der Waals surface area contributed by atoms with Crippen LogP contribution in [0.3, 0.4) is 0 Å². The van der Waals surface area contributed by atoms with Gasteiger partial charge in [-0.15, -0.1) is 0 Å². The summed E-state index contributed by atoms with van der Waals surface area (Å²) in [6.45, 7) is 1.03. The number of benzene rings is 2. The van der Waals surface area contributed by atoms with E-state index in [-0.39, 0.29) is 25.0 Å². The molecule has 0 bridgehead atoms. The van der Waals surface area contributed by atoms with Crippen molar-refractivity contribution in [2.24, 2.45) is 0 Å². The van der Waals surface area contributed by atoms with E-state index < -0.39 is 6.04 Å². The van der Waals surface area contributed by atoms with Crippen LogP contribution in [0.1, 0.15) is 11.1 Å². The first-order valence-corrected chi connectivity index (χ1v) is 9.52. The summed E-state index contributed by atoms with van der Waals surface area (Å²) >= 11 is 0. The van der Waals surface area contributed by atoms with E-state index >= 15 is 0 Å². The van der Waals surface area contributed by atoms with Crippen LogP contribution < -0.4 is 14.8 Å². The first-order chi connectivity index (χ1) is 14.1. The minimum absolute atomic E-state index is 0.00224. The lowest BCUT2D eigenvalue weighted by molar-refractivity contribution is -0.155. The summed E-state index contributed by atoms with van der Waals surface area (Å²) in [5.41, 5.74) is 1.99. The van der Waals surface area contributed by atoms with Gasteiger partial charge in [-0.3, -0.25) is 9.59 Å². The molecule has 1 heterocycles. The van der Waals surface area contributed by atoms with Crippen molar-refractivity contribution in [2.45, 2.75) is 19.0 Å². The molecule has 2 amide bonds. The molecular formula is C22H26N2O5. The van der Waals surface area contributed by atoms with Crippen LogP contribution >= 0.6 is 0 Å². The summed E-state index contributed by atoms with van der Waals surface area (Å²) in [6.07, 6.45) is 0.631. The molecular weight excluding hydrogens is 372 g/mol. The lowest BCUT2D eigenvalue weighted by Crippen LogP contribution is -2.56. The quantitative estimate of drug-likeness (QED) is 0.734.